The zero-order valence-corrected chi connectivity index (χ0v) is 12.4. The van der Waals surface area contributed by atoms with Crippen LogP contribution in [0.5, 0.6) is 5.75 Å². The summed E-state index contributed by atoms with van der Waals surface area (Å²) in [4.78, 5) is 2.25. The van der Waals surface area contributed by atoms with Crippen LogP contribution in [0.1, 0.15) is 23.6 Å². The van der Waals surface area contributed by atoms with Gasteiger partial charge < -0.3 is 15.7 Å². The number of nitrogens with zero attached hydrogens (tertiary/aromatic N) is 1. The average molecular weight is 270 g/mol. The molecule has 3 N–H and O–H groups in total. The molecule has 0 aromatic heterocycles. The zero-order chi connectivity index (χ0) is 14.7. The fourth-order valence-electron chi connectivity index (χ4n) is 2.39. The van der Waals surface area contributed by atoms with Gasteiger partial charge in [-0.25, -0.2) is 0 Å². The number of aryl methyl sites for hydroxylation is 1. The number of nitrogen functional groups attached to an aromatic ring is 1. The summed E-state index contributed by atoms with van der Waals surface area (Å²) in [6, 6.07) is 11.5. The van der Waals surface area contributed by atoms with E-state index in [1.165, 1.54) is 5.56 Å². The van der Waals surface area contributed by atoms with Gasteiger partial charge in [-0.15, -0.1) is 0 Å². The Morgan fingerprint density at radius 1 is 1.15 bits per heavy atom. The lowest BCUT2D eigenvalue weighted by Crippen LogP contribution is -2.23. The number of aromatic hydroxyl groups is 1. The van der Waals surface area contributed by atoms with Gasteiger partial charge in [0.15, 0.2) is 0 Å². The van der Waals surface area contributed by atoms with Crippen LogP contribution in [-0.2, 0) is 6.54 Å². The van der Waals surface area contributed by atoms with Crippen molar-refractivity contribution < 1.29 is 5.11 Å². The summed E-state index contributed by atoms with van der Waals surface area (Å²) in [6.07, 6.45) is 0. The maximum atomic E-state index is 9.70. The first-order valence-electron chi connectivity index (χ1n) is 6.91. The normalized spacial score (nSPS) is 10.6. The van der Waals surface area contributed by atoms with E-state index >= 15 is 0 Å². The Kier molecular flexibility index (Phi) is 4.18. The van der Waals surface area contributed by atoms with E-state index in [1.807, 2.05) is 31.2 Å². The Morgan fingerprint density at radius 2 is 1.90 bits per heavy atom. The van der Waals surface area contributed by atoms with Gasteiger partial charge in [0.05, 0.1) is 0 Å². The van der Waals surface area contributed by atoms with Gasteiger partial charge in [-0.3, -0.25) is 0 Å². The minimum atomic E-state index is 0.299. The molecule has 0 heterocycles. The summed E-state index contributed by atoms with van der Waals surface area (Å²) in [6.45, 7) is 7.89. The Balaban J connectivity index is 2.34. The van der Waals surface area contributed by atoms with Crippen molar-refractivity contribution in [2.75, 3.05) is 17.2 Å². The van der Waals surface area contributed by atoms with E-state index < -0.39 is 0 Å². The topological polar surface area (TPSA) is 49.5 Å². The summed E-state index contributed by atoms with van der Waals surface area (Å²) < 4.78 is 0. The predicted octanol–water partition coefficient (Wildman–Crippen LogP) is 3.62. The molecule has 0 bridgehead atoms. The van der Waals surface area contributed by atoms with E-state index in [0.29, 0.717) is 5.75 Å². The maximum Gasteiger partial charge on any atom is 0.117 e. The van der Waals surface area contributed by atoms with Crippen molar-refractivity contribution >= 4 is 11.4 Å². The van der Waals surface area contributed by atoms with Crippen LogP contribution in [-0.4, -0.2) is 11.7 Å². The van der Waals surface area contributed by atoms with Crippen LogP contribution in [0.4, 0.5) is 11.4 Å². The second-order valence-corrected chi connectivity index (χ2v) is 5.12. The lowest BCUT2D eigenvalue weighted by Gasteiger charge is -2.26. The van der Waals surface area contributed by atoms with Crippen LogP contribution in [0.3, 0.4) is 0 Å². The number of phenolic OH excluding ortho intramolecular Hbond substituents is 1. The minimum Gasteiger partial charge on any atom is -0.508 e. The quantitative estimate of drug-likeness (QED) is 0.834. The Labute approximate surface area is 120 Å². The van der Waals surface area contributed by atoms with Gasteiger partial charge in [0, 0.05) is 30.5 Å². The van der Waals surface area contributed by atoms with E-state index in [4.69, 9.17) is 5.73 Å². The molecule has 0 unspecified atom stereocenters. The largest absolute Gasteiger partial charge is 0.508 e. The predicted molar refractivity (Wildman–Crippen MR) is 85.2 cm³/mol. The molecule has 106 valence electrons. The van der Waals surface area contributed by atoms with Gasteiger partial charge in [0.1, 0.15) is 5.75 Å². The first kappa shape index (κ1) is 14.3. The lowest BCUT2D eigenvalue weighted by molar-refractivity contribution is 0.475. The van der Waals surface area contributed by atoms with Crippen molar-refractivity contribution in [2.24, 2.45) is 0 Å². The van der Waals surface area contributed by atoms with Gasteiger partial charge in [-0.2, -0.15) is 0 Å². The van der Waals surface area contributed by atoms with Gasteiger partial charge in [0.2, 0.25) is 0 Å². The van der Waals surface area contributed by atoms with Crippen molar-refractivity contribution in [1.29, 1.82) is 0 Å². The fraction of sp³-hybridized carbons (Fsp3) is 0.294. The van der Waals surface area contributed by atoms with Gasteiger partial charge in [-0.05, 0) is 49.6 Å². The zero-order valence-electron chi connectivity index (χ0n) is 12.4. The van der Waals surface area contributed by atoms with E-state index in [0.717, 1.165) is 35.6 Å². The number of phenols is 1. The Bertz CT molecular complexity index is 608. The van der Waals surface area contributed by atoms with E-state index in [9.17, 15) is 5.11 Å². The standard InChI is InChI=1S/C17H22N2O/c1-4-19(17-10-15(20)9-8-12(17)2)11-14-6-5-7-16(18)13(14)3/h5-10,20H,4,11,18H2,1-3H3. The number of nitrogens with two attached hydrogens (primary N) is 1. The molecule has 0 aliphatic rings. The fourth-order valence-corrected chi connectivity index (χ4v) is 2.39. The molecule has 3 heteroatoms. The third-order valence-corrected chi connectivity index (χ3v) is 3.76. The number of hydrogen-bond acceptors (Lipinski definition) is 3. The number of rotatable bonds is 4. The molecule has 0 radical (unpaired) electrons. The smallest absolute Gasteiger partial charge is 0.117 e. The molecular formula is C17H22N2O. The lowest BCUT2D eigenvalue weighted by atomic mass is 10.1. The van der Waals surface area contributed by atoms with Crippen LogP contribution < -0.4 is 10.6 Å². The highest BCUT2D eigenvalue weighted by Crippen LogP contribution is 2.27. The molecule has 0 amide bonds. The highest BCUT2D eigenvalue weighted by atomic mass is 16.3. The minimum absolute atomic E-state index is 0.299. The highest BCUT2D eigenvalue weighted by molar-refractivity contribution is 5.58. The van der Waals surface area contributed by atoms with Crippen molar-refractivity contribution in [3.8, 4) is 5.75 Å². The molecule has 0 atom stereocenters. The van der Waals surface area contributed by atoms with Crippen molar-refractivity contribution in [2.45, 2.75) is 27.3 Å². The molecule has 0 saturated heterocycles. The Hall–Kier alpha value is -2.16. The van der Waals surface area contributed by atoms with Crippen LogP contribution in [0, 0.1) is 13.8 Å². The van der Waals surface area contributed by atoms with Crippen molar-refractivity contribution in [3.63, 3.8) is 0 Å². The van der Waals surface area contributed by atoms with Gasteiger partial charge >= 0.3 is 0 Å². The number of hydrogen-bond donors (Lipinski definition) is 2. The number of benzene rings is 2. The second-order valence-electron chi connectivity index (χ2n) is 5.12. The molecule has 0 fully saturated rings. The third-order valence-electron chi connectivity index (χ3n) is 3.76. The van der Waals surface area contributed by atoms with Crippen LogP contribution in [0.25, 0.3) is 0 Å². The first-order valence-corrected chi connectivity index (χ1v) is 6.91. The first-order chi connectivity index (χ1) is 9.52. The average Bonchev–Trinajstić information content (AvgIpc) is 2.43. The molecule has 0 saturated carbocycles. The van der Waals surface area contributed by atoms with E-state index in [-0.39, 0.29) is 0 Å². The molecular weight excluding hydrogens is 248 g/mol. The summed E-state index contributed by atoms with van der Waals surface area (Å²) in [7, 11) is 0. The summed E-state index contributed by atoms with van der Waals surface area (Å²) in [5.74, 6) is 0.299. The Morgan fingerprint density at radius 3 is 2.60 bits per heavy atom. The van der Waals surface area contributed by atoms with Crippen molar-refractivity contribution in [1.82, 2.24) is 0 Å². The summed E-state index contributed by atoms with van der Waals surface area (Å²) in [5, 5.41) is 9.70. The summed E-state index contributed by atoms with van der Waals surface area (Å²) >= 11 is 0. The van der Waals surface area contributed by atoms with Crippen LogP contribution in [0.15, 0.2) is 36.4 Å². The molecule has 2 aromatic carbocycles. The molecule has 0 aliphatic heterocycles. The van der Waals surface area contributed by atoms with Gasteiger partial charge in [0.25, 0.3) is 0 Å². The maximum absolute atomic E-state index is 9.70. The van der Waals surface area contributed by atoms with E-state index in [1.54, 1.807) is 6.07 Å². The number of anilines is 2. The van der Waals surface area contributed by atoms with Crippen LogP contribution in [0.2, 0.25) is 0 Å². The molecule has 2 aromatic rings. The SMILES string of the molecule is CCN(Cc1cccc(N)c1C)c1cc(O)ccc1C. The molecule has 20 heavy (non-hydrogen) atoms. The molecule has 2 rings (SSSR count). The second kappa shape index (κ2) is 5.87. The summed E-state index contributed by atoms with van der Waals surface area (Å²) in [5.41, 5.74) is 11.4. The molecule has 3 nitrogen and oxygen atoms in total. The highest BCUT2D eigenvalue weighted by Gasteiger charge is 2.11. The van der Waals surface area contributed by atoms with Crippen LogP contribution >= 0.6 is 0 Å². The van der Waals surface area contributed by atoms with Crippen molar-refractivity contribution in [3.05, 3.63) is 53.1 Å². The monoisotopic (exact) mass is 270 g/mol. The van der Waals surface area contributed by atoms with Gasteiger partial charge in [-0.1, -0.05) is 18.2 Å². The third kappa shape index (κ3) is 2.87. The molecule has 0 aliphatic carbocycles. The molecule has 0 spiro atoms. The van der Waals surface area contributed by atoms with E-state index in [2.05, 4.69) is 24.8 Å².